The number of nitrogens with one attached hydrogen (secondary N) is 2. The van der Waals surface area contributed by atoms with Gasteiger partial charge >= 0.3 is 0 Å². The summed E-state index contributed by atoms with van der Waals surface area (Å²) in [6, 6.07) is 11.5. The number of ether oxygens (including phenoxy) is 1. The summed E-state index contributed by atoms with van der Waals surface area (Å²) in [6.45, 7) is 1.66. The first-order valence-corrected chi connectivity index (χ1v) is 9.06. The maximum absolute atomic E-state index is 12.5. The predicted molar refractivity (Wildman–Crippen MR) is 102 cm³/mol. The van der Waals surface area contributed by atoms with Crippen LogP contribution in [0.2, 0.25) is 0 Å². The summed E-state index contributed by atoms with van der Waals surface area (Å²) in [5.41, 5.74) is 1.80. The van der Waals surface area contributed by atoms with E-state index in [4.69, 9.17) is 4.74 Å². The summed E-state index contributed by atoms with van der Waals surface area (Å²) < 4.78 is 5.25. The van der Waals surface area contributed by atoms with E-state index in [1.807, 2.05) is 41.3 Å². The van der Waals surface area contributed by atoms with Gasteiger partial charge in [-0.25, -0.2) is 4.98 Å². The van der Waals surface area contributed by atoms with Crippen LogP contribution < -0.4 is 20.3 Å². The average Bonchev–Trinajstić information content (AvgIpc) is 3.50. The fraction of sp³-hybridized carbons (Fsp3) is 0.350. The maximum atomic E-state index is 12.5. The van der Waals surface area contributed by atoms with Crippen molar-refractivity contribution in [2.75, 3.05) is 37.0 Å². The number of carbonyl (C=O) groups is 2. The smallest absolute Gasteiger partial charge is 0.239 e. The monoisotopic (exact) mass is 366 g/mol. The standard InChI is InChI=1S/C20H22N4O3/c1-27-15-4-2-3-13(9-15)16-10-17(16)20(26)23-14-5-6-18(22-11-14)24-8-7-21-19(25)12-24/h2-6,9,11,16-17H,7-8,10,12H2,1H3,(H,21,25)(H,23,26). The van der Waals surface area contributed by atoms with Crippen LogP contribution in [0.15, 0.2) is 42.6 Å². The SMILES string of the molecule is COc1cccc(C2CC2C(=O)Nc2ccc(N3CCNC(=O)C3)nc2)c1. The number of nitrogens with zero attached hydrogens (tertiary/aromatic N) is 2. The van der Waals surface area contributed by atoms with E-state index in [0.717, 1.165) is 30.1 Å². The first-order chi connectivity index (χ1) is 13.1. The van der Waals surface area contributed by atoms with Crippen LogP contribution in [0.5, 0.6) is 5.75 Å². The summed E-state index contributed by atoms with van der Waals surface area (Å²) in [7, 11) is 1.64. The number of amides is 2. The lowest BCUT2D eigenvalue weighted by Crippen LogP contribution is -2.48. The minimum absolute atomic E-state index is 0.00209. The number of hydrogen-bond acceptors (Lipinski definition) is 5. The molecular formula is C20H22N4O3. The molecule has 0 bridgehead atoms. The van der Waals surface area contributed by atoms with Gasteiger partial charge in [0.15, 0.2) is 0 Å². The third-order valence-corrected chi connectivity index (χ3v) is 5.03. The van der Waals surface area contributed by atoms with E-state index in [0.29, 0.717) is 18.8 Å². The van der Waals surface area contributed by atoms with Crippen molar-refractivity contribution in [2.24, 2.45) is 5.92 Å². The Morgan fingerprint density at radius 3 is 2.96 bits per heavy atom. The van der Waals surface area contributed by atoms with Crippen LogP contribution in [0, 0.1) is 5.92 Å². The molecule has 0 spiro atoms. The Morgan fingerprint density at radius 1 is 1.33 bits per heavy atom. The molecule has 0 radical (unpaired) electrons. The summed E-state index contributed by atoms with van der Waals surface area (Å²) >= 11 is 0. The number of hydrogen-bond donors (Lipinski definition) is 2. The van der Waals surface area contributed by atoms with Gasteiger partial charge in [-0.15, -0.1) is 0 Å². The van der Waals surface area contributed by atoms with Gasteiger partial charge in [-0.2, -0.15) is 0 Å². The largest absolute Gasteiger partial charge is 0.497 e. The lowest BCUT2D eigenvalue weighted by atomic mass is 10.1. The molecule has 1 aliphatic carbocycles. The van der Waals surface area contributed by atoms with Crippen molar-refractivity contribution in [3.63, 3.8) is 0 Å². The number of aromatic nitrogens is 1. The Balaban J connectivity index is 1.35. The van der Waals surface area contributed by atoms with Gasteiger partial charge in [0.25, 0.3) is 0 Å². The summed E-state index contributed by atoms with van der Waals surface area (Å²) in [4.78, 5) is 30.3. The third-order valence-electron chi connectivity index (χ3n) is 5.03. The van der Waals surface area contributed by atoms with Crippen LogP contribution in [-0.2, 0) is 9.59 Å². The van der Waals surface area contributed by atoms with Gasteiger partial charge in [0.1, 0.15) is 11.6 Å². The van der Waals surface area contributed by atoms with Gasteiger partial charge in [0.05, 0.1) is 25.5 Å². The van der Waals surface area contributed by atoms with E-state index < -0.39 is 0 Å². The molecule has 2 aliphatic rings. The van der Waals surface area contributed by atoms with Crippen molar-refractivity contribution in [3.8, 4) is 5.75 Å². The van der Waals surface area contributed by atoms with E-state index in [-0.39, 0.29) is 23.7 Å². The van der Waals surface area contributed by atoms with Crippen molar-refractivity contribution < 1.29 is 14.3 Å². The van der Waals surface area contributed by atoms with Gasteiger partial charge in [-0.05, 0) is 42.2 Å². The quantitative estimate of drug-likeness (QED) is 0.843. The van der Waals surface area contributed by atoms with Crippen LogP contribution in [0.25, 0.3) is 0 Å². The molecule has 2 fully saturated rings. The molecule has 2 atom stereocenters. The number of rotatable bonds is 5. The molecule has 2 aromatic rings. The molecular weight excluding hydrogens is 344 g/mol. The number of methoxy groups -OCH3 is 1. The topological polar surface area (TPSA) is 83.6 Å². The van der Waals surface area contributed by atoms with E-state index in [2.05, 4.69) is 15.6 Å². The second kappa shape index (κ2) is 7.26. The molecule has 2 heterocycles. The molecule has 7 heteroatoms. The molecule has 2 amide bonds. The van der Waals surface area contributed by atoms with E-state index in [1.54, 1.807) is 13.3 Å². The van der Waals surface area contributed by atoms with E-state index in [1.165, 1.54) is 0 Å². The Hall–Kier alpha value is -3.09. The average molecular weight is 366 g/mol. The minimum atomic E-state index is -0.0254. The number of carbonyl (C=O) groups excluding carboxylic acids is 2. The van der Waals surface area contributed by atoms with Crippen LogP contribution >= 0.6 is 0 Å². The molecule has 1 saturated heterocycles. The van der Waals surface area contributed by atoms with E-state index >= 15 is 0 Å². The van der Waals surface area contributed by atoms with Crippen molar-refractivity contribution >= 4 is 23.3 Å². The first kappa shape index (κ1) is 17.3. The van der Waals surface area contributed by atoms with Crippen molar-refractivity contribution in [3.05, 3.63) is 48.2 Å². The molecule has 7 nitrogen and oxygen atoms in total. The Morgan fingerprint density at radius 2 is 2.22 bits per heavy atom. The molecule has 1 aromatic carbocycles. The number of benzene rings is 1. The Labute approximate surface area is 157 Å². The fourth-order valence-electron chi connectivity index (χ4n) is 3.44. The summed E-state index contributed by atoms with van der Waals surface area (Å²) in [5.74, 6) is 1.77. The van der Waals surface area contributed by atoms with Gasteiger partial charge in [-0.3, -0.25) is 9.59 Å². The molecule has 1 aromatic heterocycles. The van der Waals surface area contributed by atoms with Crippen LogP contribution in [-0.4, -0.2) is 43.5 Å². The maximum Gasteiger partial charge on any atom is 0.239 e. The van der Waals surface area contributed by atoms with Gasteiger partial charge < -0.3 is 20.3 Å². The van der Waals surface area contributed by atoms with Gasteiger partial charge in [-0.1, -0.05) is 12.1 Å². The van der Waals surface area contributed by atoms with Crippen LogP contribution in [0.1, 0.15) is 17.9 Å². The Kier molecular flexibility index (Phi) is 4.66. The molecule has 27 heavy (non-hydrogen) atoms. The molecule has 2 N–H and O–H groups in total. The normalized spacial score (nSPS) is 21.4. The summed E-state index contributed by atoms with van der Waals surface area (Å²) in [6.07, 6.45) is 2.48. The van der Waals surface area contributed by atoms with Gasteiger partial charge in [0, 0.05) is 19.0 Å². The highest BCUT2D eigenvalue weighted by molar-refractivity contribution is 5.95. The molecule has 4 rings (SSSR count). The third kappa shape index (κ3) is 3.86. The number of piperazine rings is 1. The lowest BCUT2D eigenvalue weighted by Gasteiger charge is -2.27. The van der Waals surface area contributed by atoms with Crippen molar-refractivity contribution in [1.82, 2.24) is 10.3 Å². The highest BCUT2D eigenvalue weighted by atomic mass is 16.5. The van der Waals surface area contributed by atoms with E-state index in [9.17, 15) is 9.59 Å². The molecule has 1 aliphatic heterocycles. The zero-order valence-corrected chi connectivity index (χ0v) is 15.1. The molecule has 1 saturated carbocycles. The van der Waals surface area contributed by atoms with Gasteiger partial charge in [0.2, 0.25) is 11.8 Å². The number of anilines is 2. The second-order valence-corrected chi connectivity index (χ2v) is 6.89. The first-order valence-electron chi connectivity index (χ1n) is 9.06. The molecule has 2 unspecified atom stereocenters. The number of pyridine rings is 1. The highest BCUT2D eigenvalue weighted by Crippen LogP contribution is 2.48. The predicted octanol–water partition coefficient (Wildman–Crippen LogP) is 1.77. The van der Waals surface area contributed by atoms with Crippen molar-refractivity contribution in [1.29, 1.82) is 0 Å². The zero-order valence-electron chi connectivity index (χ0n) is 15.1. The van der Waals surface area contributed by atoms with Crippen LogP contribution in [0.3, 0.4) is 0 Å². The summed E-state index contributed by atoms with van der Waals surface area (Å²) in [5, 5.41) is 5.73. The minimum Gasteiger partial charge on any atom is -0.497 e. The van der Waals surface area contributed by atoms with Crippen LogP contribution in [0.4, 0.5) is 11.5 Å². The highest BCUT2D eigenvalue weighted by Gasteiger charge is 2.44. The zero-order chi connectivity index (χ0) is 18.8. The Bertz CT molecular complexity index is 853. The van der Waals surface area contributed by atoms with Crippen molar-refractivity contribution in [2.45, 2.75) is 12.3 Å². The second-order valence-electron chi connectivity index (χ2n) is 6.89. The fourth-order valence-corrected chi connectivity index (χ4v) is 3.44. The lowest BCUT2D eigenvalue weighted by molar-refractivity contribution is -0.120. The molecule has 140 valence electrons.